The Labute approximate surface area is 174 Å². The Balaban J connectivity index is 0. The molecule has 0 saturated carbocycles. The largest absolute Gasteiger partial charge is 0 e. The van der Waals surface area contributed by atoms with Gasteiger partial charge in [-0.25, -0.2) is 0 Å². The summed E-state index contributed by atoms with van der Waals surface area (Å²) in [5.74, 6) is 0. The molecule has 0 heterocycles. The molecule has 0 spiro atoms. The van der Waals surface area contributed by atoms with Crippen molar-refractivity contribution in [2.75, 3.05) is 0 Å². The van der Waals surface area contributed by atoms with Gasteiger partial charge >= 0.3 is 138 Å². The van der Waals surface area contributed by atoms with Gasteiger partial charge in [0.15, 0.2) is 0 Å². The van der Waals surface area contributed by atoms with Crippen LogP contribution in [-0.2, 0) is 21.1 Å². The summed E-state index contributed by atoms with van der Waals surface area (Å²) < 4.78 is 0. The monoisotopic (exact) mass is 524 g/mol. The topological polar surface area (TPSA) is 126 Å². The Morgan fingerprint density at radius 1 is 0.429 bits per heavy atom. The van der Waals surface area contributed by atoms with Gasteiger partial charge in [0.25, 0.3) is 0 Å². The Bertz CT molecular complexity index is 9.65. The number of hydrogen-bond acceptors (Lipinski definition) is 0. The smallest absolute Gasteiger partial charge is 0 e. The van der Waals surface area contributed by atoms with E-state index in [-0.39, 0.29) is 181 Å². The molecule has 0 aliphatic carbocycles. The minimum absolute atomic E-state index is 0. The molecule has 0 aromatic heterocycles. The van der Waals surface area contributed by atoms with Crippen LogP contribution in [0, 0.1) is 0 Å². The van der Waals surface area contributed by atoms with Gasteiger partial charge in [0.05, 0.1) is 0 Å². The molecular weight excluding hydrogens is 514 g/mol. The summed E-state index contributed by atoms with van der Waals surface area (Å²) in [5.41, 5.74) is 0. The molecule has 0 amide bonds. The van der Waals surface area contributed by atoms with Crippen LogP contribution in [0.4, 0.5) is 0 Å². The normalized spacial score (nSPS) is 0. The summed E-state index contributed by atoms with van der Waals surface area (Å²) in [5, 5.41) is 0. The van der Waals surface area contributed by atoms with Crippen LogP contribution in [-0.4, -0.2) is 160 Å². The van der Waals surface area contributed by atoms with Crippen molar-refractivity contribution in [1.29, 1.82) is 0 Å². The molecule has 0 fully saturated rings. The first-order valence-electron chi connectivity index (χ1n) is 0. The van der Waals surface area contributed by atoms with Crippen molar-refractivity contribution in [3.8, 4) is 0 Å². The van der Waals surface area contributed by atoms with Crippen molar-refractivity contribution in [2.45, 2.75) is 0 Å². The Hall–Kier alpha value is 4.63. The SMILES string of the molecule is O.O.O.O.[CsH].[CsH].[W]. The van der Waals surface area contributed by atoms with Gasteiger partial charge in [0.1, 0.15) is 0 Å². The average Bonchev–Trinajstić information content (AvgIpc) is 0. The van der Waals surface area contributed by atoms with Gasteiger partial charge in [0.2, 0.25) is 0 Å². The molecule has 8 N–H and O–H groups in total. The van der Waals surface area contributed by atoms with Crippen molar-refractivity contribution < 1.29 is 43.0 Å². The third-order valence-electron chi connectivity index (χ3n) is 0. The van der Waals surface area contributed by atoms with E-state index in [9.17, 15) is 0 Å². The standard InChI is InChI=1S/2Cs.4H2O.W.2H/h;;4*1H2;;;. The second-order valence-electron chi connectivity index (χ2n) is 0. The summed E-state index contributed by atoms with van der Waals surface area (Å²) in [6.45, 7) is 0. The first-order chi connectivity index (χ1) is 0. The summed E-state index contributed by atoms with van der Waals surface area (Å²) in [7, 11) is 0. The molecule has 0 unspecified atom stereocenters. The maximum absolute atomic E-state index is 0. The van der Waals surface area contributed by atoms with Crippen LogP contribution in [0.15, 0.2) is 0 Å². The fraction of sp³-hybridized carbons (Fsp3) is 0. The van der Waals surface area contributed by atoms with Crippen LogP contribution < -0.4 is 0 Å². The van der Waals surface area contributed by atoms with E-state index < -0.39 is 0 Å². The molecule has 7 heavy (non-hydrogen) atoms. The average molecular weight is 524 g/mol. The van der Waals surface area contributed by atoms with Crippen LogP contribution in [0.5, 0.6) is 0 Å². The van der Waals surface area contributed by atoms with E-state index in [2.05, 4.69) is 0 Å². The van der Waals surface area contributed by atoms with Crippen molar-refractivity contribution in [2.24, 2.45) is 0 Å². The maximum Gasteiger partial charge on any atom is 0 e. The van der Waals surface area contributed by atoms with Gasteiger partial charge < -0.3 is 21.9 Å². The van der Waals surface area contributed by atoms with Crippen molar-refractivity contribution in [3.05, 3.63) is 0 Å². The Kier molecular flexibility index (Phi) is 402. The quantitative estimate of drug-likeness (QED) is 0.303. The zero-order valence-electron chi connectivity index (χ0n) is 2.41. The van der Waals surface area contributed by atoms with E-state index in [0.717, 1.165) is 0 Å². The summed E-state index contributed by atoms with van der Waals surface area (Å²) in [6, 6.07) is 0. The zero-order chi connectivity index (χ0) is 0. The molecule has 0 saturated heterocycles. The van der Waals surface area contributed by atoms with Crippen LogP contribution >= 0.6 is 0 Å². The molecule has 7 heteroatoms. The molecule has 0 bridgehead atoms. The predicted octanol–water partition coefficient (Wildman–Crippen LogP) is -4.60. The van der Waals surface area contributed by atoms with E-state index in [1.807, 2.05) is 0 Å². The minimum Gasteiger partial charge on any atom is 0 e. The molecule has 42 valence electrons. The predicted molar refractivity (Wildman–Crippen MR) is 28.8 cm³/mol. The van der Waals surface area contributed by atoms with Gasteiger partial charge in [-0.1, -0.05) is 0 Å². The molecule has 0 atom stereocenters. The fourth-order valence-corrected chi connectivity index (χ4v) is 0. The van der Waals surface area contributed by atoms with Gasteiger partial charge in [-0.3, -0.25) is 0 Å². The molecular formula is H10Cs2O4W. The third kappa shape index (κ3) is 36.9. The van der Waals surface area contributed by atoms with Crippen LogP contribution in [0.2, 0.25) is 0 Å². The molecule has 0 radical (unpaired) electrons. The van der Waals surface area contributed by atoms with Crippen LogP contribution in [0.25, 0.3) is 0 Å². The van der Waals surface area contributed by atoms with Crippen molar-refractivity contribution in [3.63, 3.8) is 0 Å². The van der Waals surface area contributed by atoms with Crippen molar-refractivity contribution in [1.82, 2.24) is 0 Å². The molecule has 4 nitrogen and oxygen atoms in total. The molecule has 0 aliphatic heterocycles. The van der Waals surface area contributed by atoms with E-state index in [1.165, 1.54) is 0 Å². The maximum atomic E-state index is 0. The molecule has 0 aromatic rings. The number of rotatable bonds is 0. The van der Waals surface area contributed by atoms with Gasteiger partial charge in [-0.2, -0.15) is 0 Å². The number of hydrogen-bond donors (Lipinski definition) is 0. The fourth-order valence-electron chi connectivity index (χ4n) is 0. The zero-order valence-corrected chi connectivity index (χ0v) is 5.34. The second-order valence-corrected chi connectivity index (χ2v) is 0. The van der Waals surface area contributed by atoms with Gasteiger partial charge in [-0.15, -0.1) is 0 Å². The van der Waals surface area contributed by atoms with E-state index in [4.69, 9.17) is 0 Å². The summed E-state index contributed by atoms with van der Waals surface area (Å²) >= 11 is 0. The van der Waals surface area contributed by atoms with Crippen molar-refractivity contribution >= 4 is 138 Å². The van der Waals surface area contributed by atoms with Crippen LogP contribution in [0.1, 0.15) is 0 Å². The third-order valence-corrected chi connectivity index (χ3v) is 0. The van der Waals surface area contributed by atoms with E-state index >= 15 is 0 Å². The first-order valence-corrected chi connectivity index (χ1v) is 0. The summed E-state index contributed by atoms with van der Waals surface area (Å²) in [4.78, 5) is 0. The molecule has 0 aromatic carbocycles. The van der Waals surface area contributed by atoms with Crippen LogP contribution in [0.3, 0.4) is 0 Å². The van der Waals surface area contributed by atoms with Gasteiger partial charge in [0, 0.05) is 21.1 Å². The summed E-state index contributed by atoms with van der Waals surface area (Å²) in [6.07, 6.45) is 0. The molecule has 0 rings (SSSR count). The Morgan fingerprint density at radius 3 is 0.429 bits per heavy atom. The minimum atomic E-state index is 0. The Morgan fingerprint density at radius 2 is 0.429 bits per heavy atom. The van der Waals surface area contributed by atoms with Gasteiger partial charge in [-0.05, 0) is 0 Å². The molecule has 0 aliphatic rings. The van der Waals surface area contributed by atoms with E-state index in [1.54, 1.807) is 0 Å². The van der Waals surface area contributed by atoms with E-state index in [0.29, 0.717) is 0 Å². The second kappa shape index (κ2) is 46.0. The first kappa shape index (κ1) is 61.3.